The van der Waals surface area contributed by atoms with E-state index in [2.05, 4.69) is 15.9 Å². The Morgan fingerprint density at radius 1 is 1.42 bits per heavy atom. The summed E-state index contributed by atoms with van der Waals surface area (Å²) in [5.41, 5.74) is -0.343. The van der Waals surface area contributed by atoms with Crippen molar-refractivity contribution in [2.24, 2.45) is 5.92 Å². The molecule has 1 unspecified atom stereocenters. The minimum absolute atomic E-state index is 0.00227. The number of rotatable bonds is 5. The van der Waals surface area contributed by atoms with Crippen LogP contribution in [0.3, 0.4) is 0 Å². The Kier molecular flexibility index (Phi) is 5.77. The average molecular weight is 400 g/mol. The number of aromatic nitrogens is 1. The molecular weight excluding hydrogens is 381 g/mol. The first-order chi connectivity index (χ1) is 11.3. The number of esters is 1. The minimum Gasteiger partial charge on any atom is -0.462 e. The number of hydrogen-bond donors (Lipinski definition) is 1. The molecule has 1 aromatic heterocycles. The lowest BCUT2D eigenvalue weighted by Crippen LogP contribution is -2.26. The molecule has 0 radical (unpaired) electrons. The van der Waals surface area contributed by atoms with E-state index in [1.54, 1.807) is 11.5 Å². The molecule has 7 heteroatoms. The maximum atomic E-state index is 14.0. The number of nitrogens with zero attached hydrogens (tertiary/aromatic N) is 1. The third kappa shape index (κ3) is 3.37. The second-order valence-electron chi connectivity index (χ2n) is 5.78. The molecule has 0 saturated carbocycles. The number of halogens is 2. The maximum Gasteiger partial charge on any atom is 0.343 e. The zero-order valence-corrected chi connectivity index (χ0v) is 15.3. The summed E-state index contributed by atoms with van der Waals surface area (Å²) in [6.45, 7) is 5.36. The largest absolute Gasteiger partial charge is 0.462 e. The van der Waals surface area contributed by atoms with E-state index in [0.29, 0.717) is 5.52 Å². The van der Waals surface area contributed by atoms with Crippen molar-refractivity contribution in [3.8, 4) is 0 Å². The van der Waals surface area contributed by atoms with Crippen LogP contribution in [0.5, 0.6) is 0 Å². The van der Waals surface area contributed by atoms with Crippen molar-refractivity contribution in [3.05, 3.63) is 44.4 Å². The summed E-state index contributed by atoms with van der Waals surface area (Å²) < 4.78 is 20.6. The van der Waals surface area contributed by atoms with Crippen molar-refractivity contribution in [2.75, 3.05) is 13.2 Å². The number of hydrogen-bond acceptors (Lipinski definition) is 4. The predicted octanol–water partition coefficient (Wildman–Crippen LogP) is 3.27. The quantitative estimate of drug-likeness (QED) is 0.783. The van der Waals surface area contributed by atoms with Crippen molar-refractivity contribution >= 4 is 32.8 Å². The molecule has 0 aliphatic rings. The third-order valence-corrected chi connectivity index (χ3v) is 4.49. The molecule has 0 aliphatic carbocycles. The Morgan fingerprint density at radius 2 is 2.08 bits per heavy atom. The first-order valence-corrected chi connectivity index (χ1v) is 8.43. The fraction of sp³-hybridized carbons (Fsp3) is 0.412. The lowest BCUT2D eigenvalue weighted by molar-refractivity contribution is 0.0523. The number of benzene rings is 1. The Hall–Kier alpha value is -1.73. The van der Waals surface area contributed by atoms with Gasteiger partial charge in [0.2, 0.25) is 5.43 Å². The van der Waals surface area contributed by atoms with Gasteiger partial charge in [0, 0.05) is 11.6 Å². The predicted molar refractivity (Wildman–Crippen MR) is 92.8 cm³/mol. The number of carbonyl (C=O) groups is 1. The second-order valence-corrected chi connectivity index (χ2v) is 6.63. The van der Waals surface area contributed by atoms with Crippen LogP contribution in [0, 0.1) is 11.7 Å². The van der Waals surface area contributed by atoms with Crippen molar-refractivity contribution in [1.82, 2.24) is 4.57 Å². The highest BCUT2D eigenvalue weighted by Crippen LogP contribution is 2.27. The van der Waals surface area contributed by atoms with E-state index in [4.69, 9.17) is 4.74 Å². The van der Waals surface area contributed by atoms with Crippen LogP contribution in [0.25, 0.3) is 10.9 Å². The zero-order chi connectivity index (χ0) is 18.0. The highest BCUT2D eigenvalue weighted by Gasteiger charge is 2.22. The van der Waals surface area contributed by atoms with Gasteiger partial charge in [0.1, 0.15) is 11.4 Å². The van der Waals surface area contributed by atoms with Gasteiger partial charge in [0.15, 0.2) is 0 Å². The molecule has 1 N–H and O–H groups in total. The normalized spacial score (nSPS) is 12.6. The monoisotopic (exact) mass is 399 g/mol. The van der Waals surface area contributed by atoms with Gasteiger partial charge in [-0.05, 0) is 40.9 Å². The van der Waals surface area contributed by atoms with Crippen LogP contribution in [0.2, 0.25) is 0 Å². The fourth-order valence-electron chi connectivity index (χ4n) is 2.59. The Labute approximate surface area is 147 Å². The van der Waals surface area contributed by atoms with E-state index < -0.39 is 23.3 Å². The van der Waals surface area contributed by atoms with E-state index in [1.807, 2.05) is 13.8 Å². The Bertz CT molecular complexity index is 831. The Balaban J connectivity index is 2.88. The average Bonchev–Trinajstić information content (AvgIpc) is 2.52. The molecule has 2 aromatic rings. The van der Waals surface area contributed by atoms with Gasteiger partial charge in [-0.25, -0.2) is 9.18 Å². The molecule has 2 rings (SSSR count). The summed E-state index contributed by atoms with van der Waals surface area (Å²) in [5, 5.41) is 9.91. The molecular formula is C17H19BrFNO4. The summed E-state index contributed by atoms with van der Waals surface area (Å²) in [4.78, 5) is 24.7. The zero-order valence-electron chi connectivity index (χ0n) is 13.7. The Morgan fingerprint density at radius 3 is 2.62 bits per heavy atom. The van der Waals surface area contributed by atoms with Gasteiger partial charge in [-0.2, -0.15) is 0 Å². The smallest absolute Gasteiger partial charge is 0.343 e. The number of fused-ring (bicyclic) bond motifs is 1. The summed E-state index contributed by atoms with van der Waals surface area (Å²) in [6.07, 6.45) is 1.34. The molecule has 5 nitrogen and oxygen atoms in total. The summed E-state index contributed by atoms with van der Waals surface area (Å²) in [7, 11) is 0. The molecule has 1 aromatic carbocycles. The molecule has 24 heavy (non-hydrogen) atoms. The van der Waals surface area contributed by atoms with Gasteiger partial charge in [-0.3, -0.25) is 4.79 Å². The molecule has 0 spiro atoms. The fourth-order valence-corrected chi connectivity index (χ4v) is 2.94. The molecule has 0 aliphatic heterocycles. The topological polar surface area (TPSA) is 68.5 Å². The number of aliphatic hydroxyl groups excluding tert-OH is 1. The summed E-state index contributed by atoms with van der Waals surface area (Å²) in [6, 6.07) is 2.16. The van der Waals surface area contributed by atoms with Crippen LogP contribution in [-0.4, -0.2) is 28.9 Å². The van der Waals surface area contributed by atoms with Gasteiger partial charge in [-0.1, -0.05) is 13.8 Å². The van der Waals surface area contributed by atoms with Crippen molar-refractivity contribution in [2.45, 2.75) is 26.8 Å². The van der Waals surface area contributed by atoms with E-state index >= 15 is 0 Å². The molecule has 0 bridgehead atoms. The third-order valence-electron chi connectivity index (χ3n) is 3.88. The van der Waals surface area contributed by atoms with E-state index in [9.17, 15) is 19.1 Å². The van der Waals surface area contributed by atoms with Gasteiger partial charge >= 0.3 is 5.97 Å². The number of ether oxygens (including phenoxy) is 1. The lowest BCUT2D eigenvalue weighted by Gasteiger charge is -2.25. The van der Waals surface area contributed by atoms with E-state index in [1.165, 1.54) is 18.3 Å². The minimum atomic E-state index is -0.737. The second kappa shape index (κ2) is 7.44. The van der Waals surface area contributed by atoms with E-state index in [-0.39, 0.29) is 34.6 Å². The first-order valence-electron chi connectivity index (χ1n) is 7.63. The van der Waals surface area contributed by atoms with Crippen molar-refractivity contribution in [1.29, 1.82) is 0 Å². The number of carbonyl (C=O) groups excluding carboxylic acids is 1. The molecule has 0 fully saturated rings. The van der Waals surface area contributed by atoms with E-state index in [0.717, 1.165) is 0 Å². The van der Waals surface area contributed by atoms with Crippen LogP contribution in [0.4, 0.5) is 4.39 Å². The molecule has 1 heterocycles. The van der Waals surface area contributed by atoms with Gasteiger partial charge in [0.05, 0.1) is 29.2 Å². The SMILES string of the molecule is CCOC(=O)c1cn(C(CO)C(C)C)c2cc(F)c(Br)cc2c1=O. The highest BCUT2D eigenvalue weighted by atomic mass is 79.9. The highest BCUT2D eigenvalue weighted by molar-refractivity contribution is 9.10. The number of pyridine rings is 1. The van der Waals surface area contributed by atoms with Crippen molar-refractivity contribution < 1.29 is 19.0 Å². The van der Waals surface area contributed by atoms with Gasteiger partial charge < -0.3 is 14.4 Å². The van der Waals surface area contributed by atoms with Crippen LogP contribution in [0.1, 0.15) is 37.2 Å². The first kappa shape index (κ1) is 18.6. The molecule has 1 atom stereocenters. The summed E-state index contributed by atoms with van der Waals surface area (Å²) >= 11 is 3.06. The number of aliphatic hydroxyl groups is 1. The molecule has 0 amide bonds. The van der Waals surface area contributed by atoms with Gasteiger partial charge in [0.25, 0.3) is 0 Å². The molecule has 130 valence electrons. The van der Waals surface area contributed by atoms with Crippen LogP contribution >= 0.6 is 15.9 Å². The lowest BCUT2D eigenvalue weighted by atomic mass is 10.0. The van der Waals surface area contributed by atoms with Gasteiger partial charge in [-0.15, -0.1) is 0 Å². The molecule has 0 saturated heterocycles. The van der Waals surface area contributed by atoms with Crippen molar-refractivity contribution in [3.63, 3.8) is 0 Å². The van der Waals surface area contributed by atoms with Crippen LogP contribution < -0.4 is 5.43 Å². The standard InChI is InChI=1S/C17H19BrFNO4/c1-4-24-17(23)11-7-20(15(8-21)9(2)3)14-6-13(19)12(18)5-10(14)16(11)22/h5-7,9,15,21H,4,8H2,1-3H3. The maximum absolute atomic E-state index is 14.0. The van der Waals surface area contributed by atoms with Crippen LogP contribution in [-0.2, 0) is 4.74 Å². The van der Waals surface area contributed by atoms with Crippen LogP contribution in [0.15, 0.2) is 27.6 Å². The summed E-state index contributed by atoms with van der Waals surface area (Å²) in [5.74, 6) is -1.26.